The van der Waals surface area contributed by atoms with Gasteiger partial charge in [-0.1, -0.05) is 6.08 Å². The summed E-state index contributed by atoms with van der Waals surface area (Å²) < 4.78 is 31.7. The highest BCUT2D eigenvalue weighted by Gasteiger charge is 2.38. The van der Waals surface area contributed by atoms with Crippen LogP contribution in [0.4, 0.5) is 13.2 Å². The second kappa shape index (κ2) is 4.77. The second-order valence-electron chi connectivity index (χ2n) is 2.98. The number of thioether (sulfide) groups is 1. The van der Waals surface area contributed by atoms with E-state index in [-0.39, 0.29) is 5.91 Å². The van der Waals surface area contributed by atoms with Crippen LogP contribution in [0, 0.1) is 0 Å². The van der Waals surface area contributed by atoms with Crippen molar-refractivity contribution in [2.45, 2.75) is 18.0 Å². The van der Waals surface area contributed by atoms with Gasteiger partial charge in [0.1, 0.15) is 0 Å². The fourth-order valence-corrected chi connectivity index (χ4v) is 2.07. The van der Waals surface area contributed by atoms with Crippen molar-refractivity contribution in [1.29, 1.82) is 0 Å². The van der Waals surface area contributed by atoms with Gasteiger partial charge in [0.25, 0.3) is 0 Å². The third-order valence-corrected chi connectivity index (χ3v) is 3.00. The minimum absolute atomic E-state index is 0.267. The molecule has 0 aromatic heterocycles. The van der Waals surface area contributed by atoms with Gasteiger partial charge < -0.3 is 10.0 Å². The van der Waals surface area contributed by atoms with E-state index in [1.165, 1.54) is 0 Å². The molecule has 2 aliphatic rings. The summed E-state index contributed by atoms with van der Waals surface area (Å²) in [6.45, 7) is 0. The van der Waals surface area contributed by atoms with Gasteiger partial charge in [0.05, 0.1) is 11.8 Å². The fourth-order valence-electron chi connectivity index (χ4n) is 1.04. The quantitative estimate of drug-likeness (QED) is 0.665. The van der Waals surface area contributed by atoms with E-state index in [0.717, 1.165) is 12.2 Å². The number of β-lactam (4-membered cyclic amide) rings is 1. The summed E-state index contributed by atoms with van der Waals surface area (Å²) in [5.74, 6) is -1.43. The zero-order chi connectivity index (χ0) is 12.3. The molecule has 1 amide bonds. The van der Waals surface area contributed by atoms with Crippen molar-refractivity contribution in [3.63, 3.8) is 0 Å². The molecule has 0 radical (unpaired) electrons. The lowest BCUT2D eigenvalue weighted by atomic mass is 10.2. The zero-order valence-electron chi connectivity index (χ0n) is 7.90. The molecule has 0 aromatic carbocycles. The zero-order valence-corrected chi connectivity index (χ0v) is 8.72. The Bertz CT molecular complexity index is 329. The van der Waals surface area contributed by atoms with Crippen LogP contribution >= 0.6 is 11.8 Å². The maximum atomic E-state index is 10.7. The molecule has 0 bridgehead atoms. The smallest absolute Gasteiger partial charge is 0.475 e. The van der Waals surface area contributed by atoms with Crippen LogP contribution in [0.1, 0.15) is 6.42 Å². The molecule has 0 saturated carbocycles. The Morgan fingerprint density at radius 3 is 2.44 bits per heavy atom. The Labute approximate surface area is 93.1 Å². The highest BCUT2D eigenvalue weighted by Crippen LogP contribution is 2.32. The number of rotatable bonds is 0. The largest absolute Gasteiger partial charge is 0.490 e. The van der Waals surface area contributed by atoms with E-state index in [4.69, 9.17) is 9.90 Å². The fraction of sp³-hybridized carbons (Fsp3) is 0.500. The Kier molecular flexibility index (Phi) is 3.84. The Morgan fingerprint density at radius 2 is 2.12 bits per heavy atom. The first-order valence-electron chi connectivity index (χ1n) is 4.22. The van der Waals surface area contributed by atoms with Gasteiger partial charge in [0.2, 0.25) is 5.91 Å². The summed E-state index contributed by atoms with van der Waals surface area (Å²) in [4.78, 5) is 21.4. The van der Waals surface area contributed by atoms with Gasteiger partial charge in [-0.25, -0.2) is 4.79 Å². The molecule has 0 aliphatic carbocycles. The summed E-state index contributed by atoms with van der Waals surface area (Å²) in [5.41, 5.74) is 0. The number of amides is 1. The summed E-state index contributed by atoms with van der Waals surface area (Å²) in [5, 5.41) is 7.60. The highest BCUT2D eigenvalue weighted by atomic mass is 32.2. The van der Waals surface area contributed by atoms with Gasteiger partial charge in [-0.3, -0.25) is 4.79 Å². The molecule has 4 nitrogen and oxygen atoms in total. The first-order valence-corrected chi connectivity index (χ1v) is 5.27. The van der Waals surface area contributed by atoms with Crippen molar-refractivity contribution in [2.24, 2.45) is 0 Å². The monoisotopic (exact) mass is 255 g/mol. The molecule has 0 spiro atoms. The standard InChI is InChI=1S/C6H7NOS.C2HF3O2/c8-5-4-6-7(5)2-1-3-9-6;3-2(4,5)1(6)7/h1-2,6H,3-4H2;(H,6,7)/t6-;/m1./s1. The molecule has 2 aliphatic heterocycles. The number of carboxylic acids is 1. The number of hydrogen-bond acceptors (Lipinski definition) is 3. The molecule has 1 atom stereocenters. The van der Waals surface area contributed by atoms with E-state index in [2.05, 4.69) is 0 Å². The lowest BCUT2D eigenvalue weighted by Crippen LogP contribution is -2.48. The summed E-state index contributed by atoms with van der Waals surface area (Å²) in [6, 6.07) is 0. The van der Waals surface area contributed by atoms with Crippen LogP contribution in [0.25, 0.3) is 0 Å². The number of alkyl halides is 3. The highest BCUT2D eigenvalue weighted by molar-refractivity contribution is 8.00. The molecule has 2 rings (SSSR count). The summed E-state index contributed by atoms with van der Waals surface area (Å²) in [7, 11) is 0. The number of fused-ring (bicyclic) bond motifs is 1. The average molecular weight is 255 g/mol. The second-order valence-corrected chi connectivity index (χ2v) is 4.19. The first kappa shape index (κ1) is 12.9. The summed E-state index contributed by atoms with van der Waals surface area (Å²) in [6.07, 6.45) is -0.416. The SMILES string of the molecule is O=C(O)C(F)(F)F.O=C1C[C@H]2SCC=CN12. The maximum Gasteiger partial charge on any atom is 0.490 e. The van der Waals surface area contributed by atoms with E-state index < -0.39 is 12.1 Å². The molecule has 1 fully saturated rings. The third-order valence-electron chi connectivity index (χ3n) is 1.84. The maximum absolute atomic E-state index is 10.7. The topological polar surface area (TPSA) is 57.6 Å². The Balaban J connectivity index is 0.000000168. The van der Waals surface area contributed by atoms with Crippen LogP contribution in [0.3, 0.4) is 0 Å². The van der Waals surface area contributed by atoms with Crippen molar-refractivity contribution in [1.82, 2.24) is 4.90 Å². The van der Waals surface area contributed by atoms with E-state index in [0.29, 0.717) is 5.37 Å². The van der Waals surface area contributed by atoms with Gasteiger partial charge in [0.15, 0.2) is 0 Å². The molecule has 0 aromatic rings. The van der Waals surface area contributed by atoms with Crippen LogP contribution in [0.5, 0.6) is 0 Å². The Morgan fingerprint density at radius 1 is 1.56 bits per heavy atom. The average Bonchev–Trinajstić information content (AvgIpc) is 2.16. The van der Waals surface area contributed by atoms with Crippen LogP contribution in [-0.4, -0.2) is 39.2 Å². The van der Waals surface area contributed by atoms with Gasteiger partial charge >= 0.3 is 12.1 Å². The van der Waals surface area contributed by atoms with E-state index >= 15 is 0 Å². The lowest BCUT2D eigenvalue weighted by molar-refractivity contribution is -0.192. The van der Waals surface area contributed by atoms with Crippen LogP contribution in [0.2, 0.25) is 0 Å². The molecule has 90 valence electrons. The van der Waals surface area contributed by atoms with Crippen molar-refractivity contribution in [3.05, 3.63) is 12.3 Å². The number of aliphatic carboxylic acids is 1. The van der Waals surface area contributed by atoms with E-state index in [1.54, 1.807) is 4.90 Å². The van der Waals surface area contributed by atoms with Crippen molar-refractivity contribution in [2.75, 3.05) is 5.75 Å². The van der Waals surface area contributed by atoms with E-state index in [9.17, 15) is 18.0 Å². The summed E-state index contributed by atoms with van der Waals surface area (Å²) >= 11 is 1.84. The number of carbonyl (C=O) groups excluding carboxylic acids is 1. The Hall–Kier alpha value is -1.18. The third kappa shape index (κ3) is 3.16. The van der Waals surface area contributed by atoms with Gasteiger partial charge in [-0.2, -0.15) is 13.2 Å². The minimum atomic E-state index is -5.08. The predicted octanol–water partition coefficient (Wildman–Crippen LogP) is 1.44. The van der Waals surface area contributed by atoms with E-state index in [1.807, 2.05) is 24.0 Å². The molecular weight excluding hydrogens is 247 g/mol. The molecule has 1 saturated heterocycles. The van der Waals surface area contributed by atoms with Crippen molar-refractivity contribution >= 4 is 23.6 Å². The molecule has 8 heteroatoms. The van der Waals surface area contributed by atoms with Crippen molar-refractivity contribution < 1.29 is 27.9 Å². The van der Waals surface area contributed by atoms with Gasteiger partial charge in [-0.15, -0.1) is 11.8 Å². The van der Waals surface area contributed by atoms with Crippen LogP contribution in [0.15, 0.2) is 12.3 Å². The van der Waals surface area contributed by atoms with Crippen LogP contribution < -0.4 is 0 Å². The first-order chi connectivity index (χ1) is 7.32. The normalized spacial score (nSPS) is 22.8. The number of carboxylic acid groups (broad SMARTS) is 1. The molecule has 16 heavy (non-hydrogen) atoms. The number of nitrogens with zero attached hydrogens (tertiary/aromatic N) is 1. The molecule has 0 unspecified atom stereocenters. The van der Waals surface area contributed by atoms with Crippen molar-refractivity contribution in [3.8, 4) is 0 Å². The van der Waals surface area contributed by atoms with Gasteiger partial charge in [0, 0.05) is 12.0 Å². The minimum Gasteiger partial charge on any atom is -0.475 e. The molecule has 2 heterocycles. The molecule has 1 N–H and O–H groups in total. The number of carbonyl (C=O) groups is 2. The number of halogens is 3. The number of hydrogen-bond donors (Lipinski definition) is 1. The lowest BCUT2D eigenvalue weighted by Gasteiger charge is -2.39. The van der Waals surface area contributed by atoms with Crippen LogP contribution in [-0.2, 0) is 9.59 Å². The van der Waals surface area contributed by atoms with Gasteiger partial charge in [-0.05, 0) is 0 Å². The predicted molar refractivity (Wildman–Crippen MR) is 50.5 cm³/mol. The molecular formula is C8H8F3NO3S.